The molecule has 2 aromatic carbocycles. The summed E-state index contributed by atoms with van der Waals surface area (Å²) in [5, 5.41) is 9.86. The van der Waals surface area contributed by atoms with E-state index in [1.165, 1.54) is 0 Å². The molecule has 13 heteroatoms. The van der Waals surface area contributed by atoms with Crippen LogP contribution in [-0.4, -0.2) is 60.6 Å². The van der Waals surface area contributed by atoms with Crippen molar-refractivity contribution in [1.82, 2.24) is 15.1 Å². The molecule has 3 N–H and O–H groups in total. The molecule has 5 atom stereocenters. The minimum atomic E-state index is -3.59. The van der Waals surface area contributed by atoms with E-state index >= 15 is 0 Å². The van der Waals surface area contributed by atoms with E-state index in [0.717, 1.165) is 24.7 Å². The molecule has 1 unspecified atom stereocenters. The van der Waals surface area contributed by atoms with Gasteiger partial charge in [0.15, 0.2) is 0 Å². The normalized spacial score (nSPS) is 25.2. The van der Waals surface area contributed by atoms with Crippen LogP contribution in [-0.2, 0) is 37.5 Å². The number of hydroxylamine groups is 1. The monoisotopic (exact) mass is 675 g/mol. The molecule has 2 aromatic rings. The average Bonchev–Trinajstić information content (AvgIpc) is 2.97. The average molecular weight is 677 g/mol. The lowest BCUT2D eigenvalue weighted by Gasteiger charge is -2.51. The van der Waals surface area contributed by atoms with Gasteiger partial charge in [-0.1, -0.05) is 84.6 Å². The summed E-state index contributed by atoms with van der Waals surface area (Å²) >= 11 is 13.1. The Hall–Kier alpha value is -3.22. The molecule has 5 rings (SSSR count). The summed E-state index contributed by atoms with van der Waals surface area (Å²) in [4.78, 5) is 46.8. The molecule has 1 saturated carbocycles. The summed E-state index contributed by atoms with van der Waals surface area (Å²) in [5.74, 6) is -3.11. The zero-order valence-corrected chi connectivity index (χ0v) is 26.9. The first-order valence-electron chi connectivity index (χ1n) is 14.8. The minimum Gasteiger partial charge on any atom is -0.481 e. The van der Waals surface area contributed by atoms with Gasteiger partial charge in [-0.05, 0) is 48.1 Å². The van der Waals surface area contributed by atoms with Crippen molar-refractivity contribution in [2.75, 3.05) is 6.26 Å². The topological polar surface area (TPSA) is 142 Å². The zero-order chi connectivity index (χ0) is 32.3. The number of allylic oxidation sites excluding steroid dienone is 3. The van der Waals surface area contributed by atoms with Crippen molar-refractivity contribution in [3.8, 4) is 0 Å². The van der Waals surface area contributed by atoms with Crippen LogP contribution < -0.4 is 10.2 Å². The van der Waals surface area contributed by atoms with Gasteiger partial charge in [0.2, 0.25) is 10.0 Å². The van der Waals surface area contributed by atoms with E-state index in [1.807, 2.05) is 0 Å². The highest BCUT2D eigenvalue weighted by Crippen LogP contribution is 2.45. The number of rotatable bonds is 10. The second-order valence-electron chi connectivity index (χ2n) is 11.7. The number of sulfonamides is 1. The number of carbonyl (C=O) groups is 3. The smallest absolute Gasteiger partial charge is 0.307 e. The van der Waals surface area contributed by atoms with Crippen molar-refractivity contribution in [3.05, 3.63) is 93.0 Å². The predicted octanol–water partition coefficient (Wildman–Crippen LogP) is 4.60. The molecule has 2 amide bonds. The Balaban J connectivity index is 1.49. The highest BCUT2D eigenvalue weighted by molar-refractivity contribution is 7.88. The Morgan fingerprint density at radius 2 is 1.73 bits per heavy atom. The van der Waals surface area contributed by atoms with Crippen LogP contribution in [0.1, 0.15) is 65.1 Å². The van der Waals surface area contributed by atoms with Crippen molar-refractivity contribution < 1.29 is 32.7 Å². The molecule has 0 saturated heterocycles. The summed E-state index contributed by atoms with van der Waals surface area (Å²) in [6.45, 7) is 0.0200. The van der Waals surface area contributed by atoms with Gasteiger partial charge in [0, 0.05) is 33.6 Å². The van der Waals surface area contributed by atoms with Gasteiger partial charge in [-0.25, -0.2) is 18.6 Å². The van der Waals surface area contributed by atoms with E-state index in [-0.39, 0.29) is 18.9 Å². The lowest BCUT2D eigenvalue weighted by atomic mass is 9.73. The van der Waals surface area contributed by atoms with Crippen LogP contribution in [0.25, 0.3) is 0 Å². The second-order valence-corrected chi connectivity index (χ2v) is 14.4. The third kappa shape index (κ3) is 7.78. The fourth-order valence-corrected chi connectivity index (χ4v) is 8.09. The largest absolute Gasteiger partial charge is 0.481 e. The summed E-state index contributed by atoms with van der Waals surface area (Å²) in [6, 6.07) is 11.9. The summed E-state index contributed by atoms with van der Waals surface area (Å²) < 4.78 is 27.5. The van der Waals surface area contributed by atoms with E-state index in [0.29, 0.717) is 46.0 Å². The SMILES string of the molecule is CS(=O)(=O)N[C@H]1CCCC[C@@H]1N1C(=O)c2ccccc2[C@H](C(=O)NOCc2ccc(CC(=O)O)cc2)[C@H]1C1CC=C(Cl)C=C1Cl. The van der Waals surface area contributed by atoms with E-state index in [1.54, 1.807) is 65.6 Å². The molecule has 45 heavy (non-hydrogen) atoms. The molecule has 0 bridgehead atoms. The van der Waals surface area contributed by atoms with Crippen LogP contribution in [0.3, 0.4) is 0 Å². The van der Waals surface area contributed by atoms with Gasteiger partial charge < -0.3 is 10.0 Å². The molecule has 2 aliphatic carbocycles. The van der Waals surface area contributed by atoms with E-state index < -0.39 is 51.9 Å². The molecule has 3 aliphatic rings. The number of aliphatic carboxylic acids is 1. The van der Waals surface area contributed by atoms with Crippen LogP contribution in [0.15, 0.2) is 70.7 Å². The van der Waals surface area contributed by atoms with Crippen molar-refractivity contribution in [1.29, 1.82) is 0 Å². The highest BCUT2D eigenvalue weighted by atomic mass is 35.5. The number of carboxylic acid groups (broad SMARTS) is 1. The first-order valence-corrected chi connectivity index (χ1v) is 17.4. The predicted molar refractivity (Wildman–Crippen MR) is 170 cm³/mol. The lowest BCUT2D eigenvalue weighted by molar-refractivity contribution is -0.139. The van der Waals surface area contributed by atoms with Crippen LogP contribution in [0, 0.1) is 5.92 Å². The number of benzene rings is 2. The number of nitrogens with one attached hydrogen (secondary N) is 2. The third-order valence-corrected chi connectivity index (χ3v) is 9.94. The first kappa shape index (κ1) is 33.2. The number of hydrogen-bond donors (Lipinski definition) is 3. The Morgan fingerprint density at radius 1 is 1.04 bits per heavy atom. The molecule has 0 spiro atoms. The van der Waals surface area contributed by atoms with Gasteiger partial charge in [-0.15, -0.1) is 0 Å². The number of halogens is 2. The first-order chi connectivity index (χ1) is 21.4. The molecule has 0 radical (unpaired) electrons. The number of amides is 2. The molecule has 240 valence electrons. The Labute approximate surface area is 272 Å². The maximum Gasteiger partial charge on any atom is 0.307 e. The van der Waals surface area contributed by atoms with E-state index in [9.17, 15) is 22.8 Å². The van der Waals surface area contributed by atoms with Gasteiger partial charge >= 0.3 is 5.97 Å². The van der Waals surface area contributed by atoms with Crippen molar-refractivity contribution in [3.63, 3.8) is 0 Å². The molecule has 1 fully saturated rings. The maximum atomic E-state index is 14.4. The van der Waals surface area contributed by atoms with Crippen molar-refractivity contribution >= 4 is 51.0 Å². The standard InChI is InChI=1S/C32H35Cl2N3O7S/c1-45(42,43)36-26-8-4-5-9-27(26)37-30(24-15-14-21(33)17-25(24)34)29(22-6-2-3-7-23(22)32(37)41)31(40)35-44-18-20-12-10-19(11-13-20)16-28(38)39/h2-3,6-7,10-14,17,24,26-27,29-30,36H,4-5,8-9,15-16,18H2,1H3,(H,35,40)(H,38,39)/t24?,26-,27-,29-,30+/m0/s1. The molecular formula is C32H35Cl2N3O7S. The van der Waals surface area contributed by atoms with Crippen molar-refractivity contribution in [2.24, 2.45) is 5.92 Å². The highest BCUT2D eigenvalue weighted by Gasteiger charge is 2.51. The number of nitrogens with zero attached hydrogens (tertiary/aromatic N) is 1. The van der Waals surface area contributed by atoms with Gasteiger partial charge in [0.1, 0.15) is 0 Å². The van der Waals surface area contributed by atoms with Gasteiger partial charge in [-0.2, -0.15) is 0 Å². The quantitative estimate of drug-likeness (QED) is 0.313. The number of carbonyl (C=O) groups excluding carboxylic acids is 2. The molecule has 1 aliphatic heterocycles. The molecule has 10 nitrogen and oxygen atoms in total. The second kappa shape index (κ2) is 14.0. The van der Waals surface area contributed by atoms with Crippen LogP contribution in [0.2, 0.25) is 0 Å². The summed E-state index contributed by atoms with van der Waals surface area (Å²) in [6.07, 6.45) is 7.46. The summed E-state index contributed by atoms with van der Waals surface area (Å²) in [5.41, 5.74) is 4.82. The van der Waals surface area contributed by atoms with Crippen LogP contribution in [0.4, 0.5) is 0 Å². The summed E-state index contributed by atoms with van der Waals surface area (Å²) in [7, 11) is -3.59. The molecule has 1 heterocycles. The minimum absolute atomic E-state index is 0.0200. The maximum absolute atomic E-state index is 14.4. The van der Waals surface area contributed by atoms with Gasteiger partial charge in [0.05, 0.1) is 31.2 Å². The number of hydrogen-bond acceptors (Lipinski definition) is 6. The Kier molecular flexibility index (Phi) is 10.3. The zero-order valence-electron chi connectivity index (χ0n) is 24.6. The van der Waals surface area contributed by atoms with Crippen LogP contribution in [0.5, 0.6) is 0 Å². The third-order valence-electron chi connectivity index (χ3n) is 8.56. The lowest BCUT2D eigenvalue weighted by Crippen LogP contribution is -2.64. The fourth-order valence-electron chi connectivity index (χ4n) is 6.67. The van der Waals surface area contributed by atoms with E-state index in [4.69, 9.17) is 33.1 Å². The number of fused-ring (bicyclic) bond motifs is 1. The van der Waals surface area contributed by atoms with Crippen molar-refractivity contribution in [2.45, 2.75) is 69.2 Å². The Morgan fingerprint density at radius 3 is 2.42 bits per heavy atom. The van der Waals surface area contributed by atoms with Gasteiger partial charge in [0.25, 0.3) is 11.8 Å². The molecule has 0 aromatic heterocycles. The fraction of sp³-hybridized carbons (Fsp3) is 0.406. The van der Waals surface area contributed by atoms with E-state index in [2.05, 4.69) is 10.2 Å². The Bertz CT molecular complexity index is 1630. The van der Waals surface area contributed by atoms with Crippen LogP contribution >= 0.6 is 23.2 Å². The van der Waals surface area contributed by atoms with Gasteiger partial charge in [-0.3, -0.25) is 19.2 Å². The number of carboxylic acids is 1. The molecular weight excluding hydrogens is 641 g/mol.